The zero-order valence-corrected chi connectivity index (χ0v) is 15.1. The molecular weight excluding hydrogens is 359 g/mol. The van der Waals surface area contributed by atoms with Crippen molar-refractivity contribution in [3.8, 4) is 0 Å². The molecule has 0 heterocycles. The minimum absolute atomic E-state index is 0.176. The van der Waals surface area contributed by atoms with Gasteiger partial charge in [0.2, 0.25) is 0 Å². The predicted molar refractivity (Wildman–Crippen MR) is 105 cm³/mol. The molecule has 0 bridgehead atoms. The van der Waals surface area contributed by atoms with Crippen molar-refractivity contribution < 1.29 is 23.8 Å². The van der Waals surface area contributed by atoms with Crippen molar-refractivity contribution in [3.05, 3.63) is 106 Å². The highest BCUT2D eigenvalue weighted by molar-refractivity contribution is 5.94. The molecule has 0 saturated carbocycles. The number of carbonyl (C=O) groups is 2. The van der Waals surface area contributed by atoms with E-state index in [-0.39, 0.29) is 11.4 Å². The summed E-state index contributed by atoms with van der Waals surface area (Å²) in [5.41, 5.74) is 3.57. The molecule has 140 valence electrons. The van der Waals surface area contributed by atoms with Crippen molar-refractivity contribution in [2.24, 2.45) is 0 Å². The van der Waals surface area contributed by atoms with E-state index < -0.39 is 11.9 Å². The Labute approximate surface area is 161 Å². The Kier molecular flexibility index (Phi) is 5.65. The van der Waals surface area contributed by atoms with E-state index in [2.05, 4.69) is 0 Å². The van der Waals surface area contributed by atoms with Crippen molar-refractivity contribution in [3.63, 3.8) is 0 Å². The maximum atomic E-state index is 13.6. The normalized spacial score (nSPS) is 11.1. The summed E-state index contributed by atoms with van der Waals surface area (Å²) in [7, 11) is 1.32. The molecule has 0 aromatic heterocycles. The molecule has 3 rings (SSSR count). The molecule has 0 aliphatic heterocycles. The summed E-state index contributed by atoms with van der Waals surface area (Å²) in [5.74, 6) is -1.80. The minimum Gasteiger partial charge on any atom is -0.478 e. The highest BCUT2D eigenvalue weighted by Gasteiger charge is 2.10. The van der Waals surface area contributed by atoms with Crippen LogP contribution in [0.4, 0.5) is 4.39 Å². The lowest BCUT2D eigenvalue weighted by Gasteiger charge is -2.11. The van der Waals surface area contributed by atoms with Gasteiger partial charge in [0.1, 0.15) is 5.82 Å². The van der Waals surface area contributed by atoms with Gasteiger partial charge in [-0.3, -0.25) is 0 Å². The first kappa shape index (κ1) is 19.0. The number of carboxylic acid groups (broad SMARTS) is 1. The molecule has 0 aliphatic carbocycles. The number of aromatic carboxylic acids is 1. The van der Waals surface area contributed by atoms with Gasteiger partial charge in [-0.15, -0.1) is 0 Å². The molecular formula is C23H17FO4. The van der Waals surface area contributed by atoms with Crippen LogP contribution in [0.5, 0.6) is 0 Å². The lowest BCUT2D eigenvalue weighted by molar-refractivity contribution is 0.0599. The lowest BCUT2D eigenvalue weighted by atomic mass is 9.94. The van der Waals surface area contributed by atoms with Gasteiger partial charge in [-0.25, -0.2) is 14.0 Å². The fourth-order valence-electron chi connectivity index (χ4n) is 2.79. The number of esters is 1. The van der Waals surface area contributed by atoms with E-state index >= 15 is 0 Å². The summed E-state index contributed by atoms with van der Waals surface area (Å²) >= 11 is 0. The number of carbonyl (C=O) groups excluding carboxylic acids is 1. The average molecular weight is 376 g/mol. The molecule has 5 heteroatoms. The van der Waals surface area contributed by atoms with Crippen LogP contribution in [-0.4, -0.2) is 24.2 Å². The van der Waals surface area contributed by atoms with Crippen molar-refractivity contribution in [1.29, 1.82) is 0 Å². The number of carboxylic acids is 1. The van der Waals surface area contributed by atoms with E-state index in [1.807, 2.05) is 6.08 Å². The minimum atomic E-state index is -1.01. The smallest absolute Gasteiger partial charge is 0.337 e. The first-order chi connectivity index (χ1) is 13.5. The van der Waals surface area contributed by atoms with Crippen LogP contribution in [0.2, 0.25) is 0 Å². The van der Waals surface area contributed by atoms with Crippen LogP contribution in [0.15, 0.2) is 72.8 Å². The maximum absolute atomic E-state index is 13.6. The molecule has 0 radical (unpaired) electrons. The number of ether oxygens (including phenoxy) is 1. The Morgan fingerprint density at radius 2 is 1.39 bits per heavy atom. The monoisotopic (exact) mass is 376 g/mol. The first-order valence-corrected chi connectivity index (χ1v) is 8.47. The molecule has 4 nitrogen and oxygen atoms in total. The van der Waals surface area contributed by atoms with Crippen LogP contribution in [0.3, 0.4) is 0 Å². The summed E-state index contributed by atoms with van der Waals surface area (Å²) in [6, 6.07) is 19.4. The molecule has 0 atom stereocenters. The molecule has 0 amide bonds. The second-order valence-corrected chi connectivity index (χ2v) is 6.06. The third-order valence-electron chi connectivity index (χ3n) is 4.22. The Morgan fingerprint density at radius 1 is 0.857 bits per heavy atom. The van der Waals surface area contributed by atoms with Crippen LogP contribution in [0, 0.1) is 5.82 Å². The molecule has 28 heavy (non-hydrogen) atoms. The predicted octanol–water partition coefficient (Wildman–Crippen LogP) is 4.90. The molecule has 0 saturated heterocycles. The van der Waals surface area contributed by atoms with Gasteiger partial charge in [-0.2, -0.15) is 0 Å². The topological polar surface area (TPSA) is 63.6 Å². The van der Waals surface area contributed by atoms with Gasteiger partial charge in [0.15, 0.2) is 0 Å². The molecule has 0 fully saturated rings. The largest absolute Gasteiger partial charge is 0.478 e. The zero-order valence-electron chi connectivity index (χ0n) is 15.1. The van der Waals surface area contributed by atoms with Crippen LogP contribution in [-0.2, 0) is 4.74 Å². The molecule has 0 unspecified atom stereocenters. The Morgan fingerprint density at radius 3 is 1.89 bits per heavy atom. The summed E-state index contributed by atoms with van der Waals surface area (Å²) in [6.45, 7) is 0. The zero-order chi connectivity index (χ0) is 20.1. The van der Waals surface area contributed by atoms with E-state index in [0.29, 0.717) is 11.1 Å². The quantitative estimate of drug-likeness (QED) is 0.508. The number of methoxy groups -OCH3 is 1. The highest BCUT2D eigenvalue weighted by Crippen LogP contribution is 2.27. The SMILES string of the molecule is COC(=O)c1ccc(C(=Cc2cccc(F)c2)c2ccc(C(=O)O)cc2)cc1. The second-order valence-electron chi connectivity index (χ2n) is 6.06. The van der Waals surface area contributed by atoms with Crippen molar-refractivity contribution in [1.82, 2.24) is 0 Å². The van der Waals surface area contributed by atoms with Gasteiger partial charge in [-0.05, 0) is 64.7 Å². The van der Waals surface area contributed by atoms with Gasteiger partial charge >= 0.3 is 11.9 Å². The van der Waals surface area contributed by atoms with E-state index in [0.717, 1.165) is 16.7 Å². The third kappa shape index (κ3) is 4.32. The maximum Gasteiger partial charge on any atom is 0.337 e. The van der Waals surface area contributed by atoms with E-state index in [9.17, 15) is 14.0 Å². The standard InChI is InChI=1S/C23H17FO4/c1-28-23(27)19-11-7-17(8-12-19)21(14-15-3-2-4-20(24)13-15)16-5-9-18(10-6-16)22(25)26/h2-14H,1H3,(H,25,26). The number of hydrogen-bond donors (Lipinski definition) is 1. The molecule has 3 aromatic carbocycles. The van der Waals surface area contributed by atoms with Gasteiger partial charge in [-0.1, -0.05) is 36.4 Å². The van der Waals surface area contributed by atoms with Crippen molar-refractivity contribution in [2.45, 2.75) is 0 Å². The summed E-state index contributed by atoms with van der Waals surface area (Å²) < 4.78 is 18.3. The van der Waals surface area contributed by atoms with Gasteiger partial charge < -0.3 is 9.84 Å². The molecule has 0 spiro atoms. The van der Waals surface area contributed by atoms with Gasteiger partial charge in [0, 0.05) is 0 Å². The Hall–Kier alpha value is -3.73. The third-order valence-corrected chi connectivity index (χ3v) is 4.22. The van der Waals surface area contributed by atoms with Crippen molar-refractivity contribution in [2.75, 3.05) is 7.11 Å². The van der Waals surface area contributed by atoms with E-state index in [1.165, 1.54) is 31.4 Å². The molecule has 3 aromatic rings. The lowest BCUT2D eigenvalue weighted by Crippen LogP contribution is -2.01. The molecule has 1 N–H and O–H groups in total. The Balaban J connectivity index is 2.08. The second kappa shape index (κ2) is 8.31. The first-order valence-electron chi connectivity index (χ1n) is 8.47. The number of hydrogen-bond acceptors (Lipinski definition) is 3. The summed E-state index contributed by atoms with van der Waals surface area (Å²) in [4.78, 5) is 22.8. The number of halogens is 1. The summed E-state index contributed by atoms with van der Waals surface area (Å²) in [5, 5.41) is 9.10. The number of benzene rings is 3. The van der Waals surface area contributed by atoms with Gasteiger partial charge in [0.05, 0.1) is 18.2 Å². The fourth-order valence-corrected chi connectivity index (χ4v) is 2.79. The average Bonchev–Trinajstić information content (AvgIpc) is 2.72. The van der Waals surface area contributed by atoms with Crippen LogP contribution in [0.1, 0.15) is 37.4 Å². The molecule has 0 aliphatic rings. The Bertz CT molecular complexity index is 1030. The van der Waals surface area contributed by atoms with Crippen LogP contribution < -0.4 is 0 Å². The van der Waals surface area contributed by atoms with E-state index in [4.69, 9.17) is 9.84 Å². The summed E-state index contributed by atoms with van der Waals surface area (Å²) in [6.07, 6.45) is 1.81. The van der Waals surface area contributed by atoms with Gasteiger partial charge in [0.25, 0.3) is 0 Å². The van der Waals surface area contributed by atoms with Crippen LogP contribution in [0.25, 0.3) is 11.6 Å². The number of rotatable bonds is 5. The highest BCUT2D eigenvalue weighted by atomic mass is 19.1. The fraction of sp³-hybridized carbons (Fsp3) is 0.0435. The van der Waals surface area contributed by atoms with Crippen molar-refractivity contribution >= 4 is 23.6 Å². The van der Waals surface area contributed by atoms with E-state index in [1.54, 1.807) is 48.5 Å². The van der Waals surface area contributed by atoms with Crippen LogP contribution >= 0.6 is 0 Å².